The van der Waals surface area contributed by atoms with Crippen LogP contribution in [0.2, 0.25) is 0 Å². The van der Waals surface area contributed by atoms with Gasteiger partial charge in [0.05, 0.1) is 18.8 Å². The minimum Gasteiger partial charge on any atom is -0.507 e. The molecule has 4 nitrogen and oxygen atoms in total. The number of benzene rings is 2. The number of halogens is 3. The molecule has 0 aliphatic carbocycles. The molecule has 0 aliphatic rings. The van der Waals surface area contributed by atoms with E-state index in [-0.39, 0.29) is 36.2 Å². The first-order valence-corrected chi connectivity index (χ1v) is 9.47. The van der Waals surface area contributed by atoms with Crippen LogP contribution in [0.5, 0.6) is 17.2 Å². The van der Waals surface area contributed by atoms with Gasteiger partial charge in [-0.05, 0) is 49.9 Å². The van der Waals surface area contributed by atoms with E-state index in [0.717, 1.165) is 6.07 Å². The number of carbonyl (C=O) groups is 1. The van der Waals surface area contributed by atoms with Crippen LogP contribution >= 0.6 is 0 Å². The standard InChI is InChI=1S/C22H25F3O4/c1-13(2)12-18(26)15-6-9-19(14(3)21(15)27)28-10-4-5-11-29-22-17(24)8-7-16(23)20(22)25/h6-9,13,27H,4-5,10-12H2,1-3H3. The molecule has 2 rings (SSSR count). The maximum atomic E-state index is 13.5. The number of rotatable bonds is 10. The Kier molecular flexibility index (Phi) is 7.93. The average molecular weight is 410 g/mol. The van der Waals surface area contributed by atoms with Crippen LogP contribution in [0.4, 0.5) is 13.2 Å². The van der Waals surface area contributed by atoms with Gasteiger partial charge < -0.3 is 14.6 Å². The molecule has 7 heteroatoms. The maximum absolute atomic E-state index is 13.5. The quantitative estimate of drug-likeness (QED) is 0.315. The first-order valence-electron chi connectivity index (χ1n) is 9.47. The zero-order chi connectivity index (χ0) is 21.6. The Bertz CT molecular complexity index is 866. The van der Waals surface area contributed by atoms with Gasteiger partial charge in [0.2, 0.25) is 5.82 Å². The summed E-state index contributed by atoms with van der Waals surface area (Å²) < 4.78 is 50.7. The second-order valence-electron chi connectivity index (χ2n) is 7.18. The van der Waals surface area contributed by atoms with Crippen LogP contribution in [0.25, 0.3) is 0 Å². The summed E-state index contributed by atoms with van der Waals surface area (Å²) in [5.74, 6) is -3.78. The second-order valence-corrected chi connectivity index (χ2v) is 7.18. The predicted octanol–water partition coefficient (Wildman–Crippen LogP) is 5.58. The lowest BCUT2D eigenvalue weighted by molar-refractivity contribution is 0.0965. The van der Waals surface area contributed by atoms with Crippen molar-refractivity contribution < 1.29 is 32.5 Å². The van der Waals surface area contributed by atoms with Crippen molar-refractivity contribution in [3.8, 4) is 17.2 Å². The molecule has 0 unspecified atom stereocenters. The molecule has 0 aliphatic heterocycles. The maximum Gasteiger partial charge on any atom is 0.203 e. The van der Waals surface area contributed by atoms with Crippen LogP contribution in [0.3, 0.4) is 0 Å². The Morgan fingerprint density at radius 3 is 2.28 bits per heavy atom. The highest BCUT2D eigenvalue weighted by Gasteiger charge is 2.17. The van der Waals surface area contributed by atoms with Crippen LogP contribution < -0.4 is 9.47 Å². The minimum atomic E-state index is -1.35. The van der Waals surface area contributed by atoms with E-state index in [1.807, 2.05) is 13.8 Å². The van der Waals surface area contributed by atoms with Crippen molar-refractivity contribution >= 4 is 5.78 Å². The molecular weight excluding hydrogens is 385 g/mol. The van der Waals surface area contributed by atoms with Crippen LogP contribution in [0.1, 0.15) is 49.0 Å². The van der Waals surface area contributed by atoms with Gasteiger partial charge in [0.25, 0.3) is 0 Å². The Morgan fingerprint density at radius 2 is 1.62 bits per heavy atom. The lowest BCUT2D eigenvalue weighted by atomic mass is 9.98. The second kappa shape index (κ2) is 10.2. The molecule has 0 fully saturated rings. The van der Waals surface area contributed by atoms with Crippen molar-refractivity contribution in [1.82, 2.24) is 0 Å². The normalized spacial score (nSPS) is 11.0. The van der Waals surface area contributed by atoms with Crippen molar-refractivity contribution in [3.63, 3.8) is 0 Å². The van der Waals surface area contributed by atoms with Crippen molar-refractivity contribution in [2.24, 2.45) is 5.92 Å². The third-order valence-corrected chi connectivity index (χ3v) is 4.32. The summed E-state index contributed by atoms with van der Waals surface area (Å²) >= 11 is 0. The number of hydrogen-bond donors (Lipinski definition) is 1. The van der Waals surface area contributed by atoms with E-state index in [4.69, 9.17) is 9.47 Å². The molecule has 0 atom stereocenters. The fourth-order valence-electron chi connectivity index (χ4n) is 2.75. The number of carbonyl (C=O) groups excluding carboxylic acids is 1. The summed E-state index contributed by atoms with van der Waals surface area (Å²) in [6.07, 6.45) is 1.28. The van der Waals surface area contributed by atoms with E-state index in [0.29, 0.717) is 36.6 Å². The van der Waals surface area contributed by atoms with E-state index in [1.165, 1.54) is 0 Å². The number of phenolic OH excluding ortho intramolecular Hbond substituents is 1. The topological polar surface area (TPSA) is 55.8 Å². The summed E-state index contributed by atoms with van der Waals surface area (Å²) in [7, 11) is 0. The molecule has 0 aromatic heterocycles. The molecule has 0 amide bonds. The zero-order valence-electron chi connectivity index (χ0n) is 16.7. The highest BCUT2D eigenvalue weighted by molar-refractivity contribution is 5.99. The van der Waals surface area contributed by atoms with E-state index in [9.17, 15) is 23.1 Å². The first-order chi connectivity index (χ1) is 13.7. The molecule has 0 heterocycles. The van der Waals surface area contributed by atoms with Gasteiger partial charge in [-0.2, -0.15) is 4.39 Å². The number of hydrogen-bond acceptors (Lipinski definition) is 4. The summed E-state index contributed by atoms with van der Waals surface area (Å²) in [6.45, 7) is 5.79. The summed E-state index contributed by atoms with van der Waals surface area (Å²) in [6, 6.07) is 4.68. The molecule has 2 aromatic carbocycles. The Balaban J connectivity index is 1.83. The number of ketones is 1. The number of aromatic hydroxyl groups is 1. The number of Topliss-reactive ketones (excluding diaryl/α,β-unsaturated/α-hetero) is 1. The molecule has 158 valence electrons. The summed E-state index contributed by atoms with van der Waals surface area (Å²) in [5, 5.41) is 10.3. The third-order valence-electron chi connectivity index (χ3n) is 4.32. The fourth-order valence-corrected chi connectivity index (χ4v) is 2.75. The van der Waals surface area contributed by atoms with Gasteiger partial charge in [-0.25, -0.2) is 8.78 Å². The zero-order valence-corrected chi connectivity index (χ0v) is 16.7. The van der Waals surface area contributed by atoms with E-state index in [1.54, 1.807) is 19.1 Å². The molecule has 0 saturated heterocycles. The van der Waals surface area contributed by atoms with Crippen LogP contribution in [-0.2, 0) is 0 Å². The van der Waals surface area contributed by atoms with Gasteiger partial charge in [0.1, 0.15) is 11.5 Å². The number of unbranched alkanes of at least 4 members (excludes halogenated alkanes) is 1. The van der Waals surface area contributed by atoms with E-state index < -0.39 is 23.2 Å². The smallest absolute Gasteiger partial charge is 0.203 e. The van der Waals surface area contributed by atoms with Gasteiger partial charge in [0.15, 0.2) is 23.2 Å². The van der Waals surface area contributed by atoms with Gasteiger partial charge in [-0.3, -0.25) is 4.79 Å². The summed E-state index contributed by atoms with van der Waals surface area (Å²) in [5.41, 5.74) is 0.746. The van der Waals surface area contributed by atoms with Crippen molar-refractivity contribution in [3.05, 3.63) is 52.8 Å². The van der Waals surface area contributed by atoms with E-state index >= 15 is 0 Å². The molecule has 0 spiro atoms. The van der Waals surface area contributed by atoms with Crippen LogP contribution in [-0.4, -0.2) is 24.1 Å². The van der Waals surface area contributed by atoms with Crippen molar-refractivity contribution in [1.29, 1.82) is 0 Å². The Morgan fingerprint density at radius 1 is 1.00 bits per heavy atom. The predicted molar refractivity (Wildman–Crippen MR) is 103 cm³/mol. The molecule has 1 N–H and O–H groups in total. The largest absolute Gasteiger partial charge is 0.507 e. The molecule has 0 radical (unpaired) electrons. The SMILES string of the molecule is Cc1c(OCCCCOc2c(F)ccc(F)c2F)ccc(C(=O)CC(C)C)c1O. The average Bonchev–Trinajstić information content (AvgIpc) is 2.66. The minimum absolute atomic E-state index is 0.00642. The van der Waals surface area contributed by atoms with Crippen LogP contribution in [0, 0.1) is 30.3 Å². The lowest BCUT2D eigenvalue weighted by Gasteiger charge is -2.14. The van der Waals surface area contributed by atoms with Crippen LogP contribution in [0.15, 0.2) is 24.3 Å². The lowest BCUT2D eigenvalue weighted by Crippen LogP contribution is -2.07. The van der Waals surface area contributed by atoms with E-state index in [2.05, 4.69) is 0 Å². The molecule has 0 saturated carbocycles. The van der Waals surface area contributed by atoms with Gasteiger partial charge in [-0.1, -0.05) is 13.8 Å². The number of phenols is 1. The Hall–Kier alpha value is -2.70. The molecule has 2 aromatic rings. The Labute approximate surface area is 168 Å². The van der Waals surface area contributed by atoms with Gasteiger partial charge >= 0.3 is 0 Å². The number of ether oxygens (including phenoxy) is 2. The molecule has 29 heavy (non-hydrogen) atoms. The van der Waals surface area contributed by atoms with Crippen molar-refractivity contribution in [2.45, 2.75) is 40.0 Å². The molecule has 0 bridgehead atoms. The third kappa shape index (κ3) is 5.89. The fraction of sp³-hybridized carbons (Fsp3) is 0.409. The van der Waals surface area contributed by atoms with Gasteiger partial charge in [0, 0.05) is 12.0 Å². The summed E-state index contributed by atoms with van der Waals surface area (Å²) in [4.78, 5) is 12.2. The first kappa shape index (κ1) is 22.6. The highest BCUT2D eigenvalue weighted by Crippen LogP contribution is 2.32. The van der Waals surface area contributed by atoms with Gasteiger partial charge in [-0.15, -0.1) is 0 Å². The molecular formula is C22H25F3O4. The monoisotopic (exact) mass is 410 g/mol. The van der Waals surface area contributed by atoms with Crippen molar-refractivity contribution in [2.75, 3.05) is 13.2 Å². The highest BCUT2D eigenvalue weighted by atomic mass is 19.2.